The second kappa shape index (κ2) is 25.2. The first-order valence-corrected chi connectivity index (χ1v) is 28.9. The van der Waals surface area contributed by atoms with Crippen molar-refractivity contribution in [1.29, 1.82) is 0 Å². The van der Waals surface area contributed by atoms with E-state index in [9.17, 15) is 24.0 Å². The van der Waals surface area contributed by atoms with Gasteiger partial charge in [0, 0.05) is 97.6 Å². The van der Waals surface area contributed by atoms with Gasteiger partial charge in [0.15, 0.2) is 16.5 Å². The number of benzene rings is 2. The zero-order valence-electron chi connectivity index (χ0n) is 44.4. The number of carbonyl (C=O) groups is 4. The minimum atomic E-state index is -4.04. The molecule has 0 bridgehead atoms. The summed E-state index contributed by atoms with van der Waals surface area (Å²) in [7, 11) is 0. The highest BCUT2D eigenvalue weighted by atomic mass is 35.5. The Hall–Kier alpha value is -8.33. The first-order chi connectivity index (χ1) is 39.6. The molecular formula is C55H55BClF2N15O5S3. The lowest BCUT2D eigenvalue weighted by Crippen LogP contribution is -2.50. The number of aromatic nitrogens is 9. The Balaban J connectivity index is 0.617. The number of nitrogens with zero attached hydrogens (tertiary/aromatic N) is 8. The van der Waals surface area contributed by atoms with Gasteiger partial charge in [0.1, 0.15) is 15.3 Å². The molecule has 1 atom stereocenters. The van der Waals surface area contributed by atoms with Crippen LogP contribution in [-0.4, -0.2) is 112 Å². The Kier molecular flexibility index (Phi) is 17.5. The largest absolute Gasteiger partial charge is 0.737 e. The van der Waals surface area contributed by atoms with Gasteiger partial charge in [-0.1, -0.05) is 83.1 Å². The van der Waals surface area contributed by atoms with Crippen LogP contribution in [0.1, 0.15) is 115 Å². The number of anilines is 2. The van der Waals surface area contributed by atoms with Gasteiger partial charge in [-0.25, -0.2) is 14.8 Å². The smallest absolute Gasteiger partial charge is 0.394 e. The third-order valence-corrected chi connectivity index (χ3v) is 16.4. The van der Waals surface area contributed by atoms with Crippen molar-refractivity contribution in [2.75, 3.05) is 36.8 Å². The molecule has 7 aromatic rings. The molecule has 27 heteroatoms. The highest BCUT2D eigenvalue weighted by Crippen LogP contribution is 2.43. The number of rotatable bonds is 23. The fourth-order valence-corrected chi connectivity index (χ4v) is 12.1. The van der Waals surface area contributed by atoms with Crippen molar-refractivity contribution in [3.8, 4) is 0 Å². The number of aryl methyl sites for hydroxylation is 3. The molecule has 0 fully saturated rings. The molecule has 7 heterocycles. The van der Waals surface area contributed by atoms with E-state index in [0.29, 0.717) is 81.4 Å². The highest BCUT2D eigenvalue weighted by molar-refractivity contribution is 7.71. The summed E-state index contributed by atoms with van der Waals surface area (Å²) < 4.78 is 35.5. The van der Waals surface area contributed by atoms with Crippen LogP contribution in [0.4, 0.5) is 19.7 Å². The van der Waals surface area contributed by atoms with Crippen molar-refractivity contribution >= 4 is 118 Å². The summed E-state index contributed by atoms with van der Waals surface area (Å²) in [5.74, 6) is -1.45. The molecule has 1 aliphatic carbocycles. The van der Waals surface area contributed by atoms with Crippen LogP contribution in [0.25, 0.3) is 24.3 Å². The SMILES string of the molecule is Cc1cc(C)n2c1C=C1C=CC(/C=C/c3ccc(CCC(=O)NCCCCCC(=O)NCCNC(=O)CCNc4nc5c(s4)C=Cc4cc(Cl)ccc4C5c4cn(Cc5nc(C(=O)Nc6nn[nH]n6)cs5)c(=O)[nH]c4=S)cc3)=[N+]1[B-]2(F)F. The van der Waals surface area contributed by atoms with Gasteiger partial charge in [0.05, 0.1) is 23.0 Å². The average Bonchev–Trinajstić information content (AvgIpc) is 2.48. The number of hydrogen-bond acceptors (Lipinski definition) is 14. The molecular weight excluding hydrogens is 1130 g/mol. The highest BCUT2D eigenvalue weighted by Gasteiger charge is 2.52. The van der Waals surface area contributed by atoms with E-state index in [1.165, 1.54) is 27.2 Å². The lowest BCUT2D eigenvalue weighted by molar-refractivity contribution is -0.360. The summed E-state index contributed by atoms with van der Waals surface area (Å²) in [6, 6.07) is 15.0. The molecule has 2 aromatic carbocycles. The van der Waals surface area contributed by atoms with Gasteiger partial charge < -0.3 is 38.9 Å². The first-order valence-electron chi connectivity index (χ1n) is 26.5. The number of unbranched alkanes of at least 4 members (excludes halogenated alkanes) is 2. The Bertz CT molecular complexity index is 3880. The van der Waals surface area contributed by atoms with E-state index >= 15 is 8.63 Å². The van der Waals surface area contributed by atoms with Gasteiger partial charge in [-0.15, -0.1) is 16.4 Å². The van der Waals surface area contributed by atoms with Crippen LogP contribution < -0.4 is 32.3 Å². The third kappa shape index (κ3) is 13.2. The normalized spacial score (nSPS) is 14.6. The van der Waals surface area contributed by atoms with E-state index < -0.39 is 24.5 Å². The van der Waals surface area contributed by atoms with Gasteiger partial charge in [-0.05, 0) is 102 Å². The fraction of sp³-hybridized carbons (Fsp3) is 0.273. The van der Waals surface area contributed by atoms with Gasteiger partial charge >= 0.3 is 12.7 Å². The van der Waals surface area contributed by atoms with Crippen LogP contribution in [0.3, 0.4) is 0 Å². The Morgan fingerprint density at radius 2 is 1.66 bits per heavy atom. The number of thiazole rings is 2. The quantitative estimate of drug-likeness (QED) is 0.0183. The number of amides is 4. The average molecular weight is 1190 g/mol. The number of tetrazole rings is 1. The van der Waals surface area contributed by atoms with Crippen molar-refractivity contribution in [3.05, 3.63) is 170 Å². The molecule has 3 aliphatic rings. The number of H-pyrrole nitrogens is 2. The number of fused-ring (bicyclic) bond motifs is 4. The molecule has 0 spiro atoms. The Morgan fingerprint density at radius 1 is 0.878 bits per heavy atom. The predicted molar refractivity (Wildman–Crippen MR) is 317 cm³/mol. The maximum absolute atomic E-state index is 15.8. The first kappa shape index (κ1) is 56.9. The van der Waals surface area contributed by atoms with Crippen LogP contribution in [0, 0.1) is 18.5 Å². The summed E-state index contributed by atoms with van der Waals surface area (Å²) in [4.78, 5) is 77.0. The standard InChI is InChI=1S/C55H55BClF2N15O5S3/c1-32-26-33(2)73-43(32)28-39-17-16-38(74(39)56(73,58)59)15-11-34-7-9-35(10-8-34)12-20-46(76)60-22-5-3-4-6-45(75)61-24-25-62-47(77)21-23-63-54-65-50-44(82-54)19-13-36-27-37(57)14-18-40(36)49(50)41-29-72(55(79)67-52(41)80)30-48-64-42(31-81-48)51(78)66-53-68-70-71-69-53/h7-11,13-19,26-29,31,49H,3-6,12,20-25,30H2,1-2H3,(H,60,76)(H,61,75)(H,62,77)(H,63,65)(H,67,79,80)(H2,66,68,69,70,71,78)/b15-11+. The number of carbonyl (C=O) groups excluding carboxylic acids is 4. The molecule has 1 unspecified atom stereocenters. The minimum Gasteiger partial charge on any atom is -0.394 e. The van der Waals surface area contributed by atoms with Crippen molar-refractivity contribution in [1.82, 2.24) is 60.6 Å². The van der Waals surface area contributed by atoms with Crippen LogP contribution in [0.5, 0.6) is 0 Å². The van der Waals surface area contributed by atoms with Gasteiger partial charge in [0.2, 0.25) is 17.7 Å². The van der Waals surface area contributed by atoms with Gasteiger partial charge in [-0.3, -0.25) is 34.0 Å². The maximum Gasteiger partial charge on any atom is 0.737 e. The van der Waals surface area contributed by atoms with E-state index in [1.54, 1.807) is 54.9 Å². The lowest BCUT2D eigenvalue weighted by Gasteiger charge is -2.30. The van der Waals surface area contributed by atoms with E-state index in [0.717, 1.165) is 54.5 Å². The van der Waals surface area contributed by atoms with Gasteiger partial charge in [-0.2, -0.15) is 5.21 Å². The lowest BCUT2D eigenvalue weighted by atomic mass is 9.88. The molecule has 4 amide bonds. The van der Waals surface area contributed by atoms with E-state index in [2.05, 4.69) is 57.2 Å². The molecule has 0 saturated carbocycles. The predicted octanol–water partition coefficient (Wildman–Crippen LogP) is 8.03. The van der Waals surface area contributed by atoms with Crippen LogP contribution in [-0.2, 0) is 27.3 Å². The fourth-order valence-electron chi connectivity index (χ4n) is 9.97. The van der Waals surface area contributed by atoms with Crippen LogP contribution in [0.2, 0.25) is 5.02 Å². The molecule has 10 rings (SSSR count). The van der Waals surface area contributed by atoms with Gasteiger partial charge in [0.25, 0.3) is 11.9 Å². The number of nitrogens with one attached hydrogen (secondary N) is 7. The van der Waals surface area contributed by atoms with Crippen molar-refractivity contribution in [3.63, 3.8) is 0 Å². The van der Waals surface area contributed by atoms with E-state index in [-0.39, 0.29) is 66.6 Å². The van der Waals surface area contributed by atoms with E-state index in [4.69, 9.17) is 28.8 Å². The number of hydrogen-bond donors (Lipinski definition) is 7. The summed E-state index contributed by atoms with van der Waals surface area (Å²) in [5.41, 5.74) is 7.28. The third-order valence-electron chi connectivity index (χ3n) is 14.0. The molecule has 7 N–H and O–H groups in total. The molecule has 82 heavy (non-hydrogen) atoms. The summed E-state index contributed by atoms with van der Waals surface area (Å²) in [6.07, 6.45) is 17.8. The second-order valence-electron chi connectivity index (χ2n) is 19.7. The number of halogens is 3. The second-order valence-corrected chi connectivity index (χ2v) is 22.5. The van der Waals surface area contributed by atoms with Crippen molar-refractivity contribution in [2.24, 2.45) is 0 Å². The molecule has 5 aromatic heterocycles. The Labute approximate surface area is 486 Å². The van der Waals surface area contributed by atoms with Crippen molar-refractivity contribution in [2.45, 2.75) is 71.3 Å². The van der Waals surface area contributed by atoms with Crippen molar-refractivity contribution < 1.29 is 32.3 Å². The summed E-state index contributed by atoms with van der Waals surface area (Å²) in [5, 5.41) is 30.7. The number of allylic oxidation sites excluding steroid dienone is 3. The summed E-state index contributed by atoms with van der Waals surface area (Å²) in [6.45, 7) is 0.881. The number of aromatic amines is 2. The molecule has 2 aliphatic heterocycles. The maximum atomic E-state index is 15.8. The van der Waals surface area contributed by atoms with Crippen LogP contribution >= 0.6 is 46.5 Å². The minimum absolute atomic E-state index is 0.00408. The topological polar surface area (TPSA) is 254 Å². The monoisotopic (exact) mass is 1190 g/mol. The molecule has 0 saturated heterocycles. The summed E-state index contributed by atoms with van der Waals surface area (Å²) >= 11 is 14.8. The zero-order chi connectivity index (χ0) is 57.5. The van der Waals surface area contributed by atoms with E-state index in [1.807, 2.05) is 61.5 Å². The molecule has 20 nitrogen and oxygen atoms in total. The Morgan fingerprint density at radius 3 is 2.45 bits per heavy atom. The zero-order valence-corrected chi connectivity index (χ0v) is 47.6. The molecule has 0 radical (unpaired) electrons. The van der Waals surface area contributed by atoms with Crippen LogP contribution in [0.15, 0.2) is 88.8 Å². The molecule has 422 valence electrons.